The van der Waals surface area contributed by atoms with Crippen molar-refractivity contribution in [2.45, 2.75) is 25.6 Å². The predicted octanol–water partition coefficient (Wildman–Crippen LogP) is 2.97. The van der Waals surface area contributed by atoms with Crippen LogP contribution in [0.3, 0.4) is 0 Å². The van der Waals surface area contributed by atoms with E-state index >= 15 is 0 Å². The standard InChI is InChI=1S/C17H15BrF2N4O2S/c1-2-26-16(25)15(14-13-5-9(19)6-23(13)17(27)21-14)24-7-10-11(20)3-8(18)4-12(10)22-24/h3-4,7,9,13H,2,5-6H2,1H3,(H,21,27)/t9-,13?/m1/s1. The van der Waals surface area contributed by atoms with Crippen LogP contribution in [0.25, 0.3) is 16.6 Å². The zero-order chi connectivity index (χ0) is 19.3. The van der Waals surface area contributed by atoms with Crippen molar-refractivity contribution in [1.82, 2.24) is 20.0 Å². The van der Waals surface area contributed by atoms with E-state index in [-0.39, 0.29) is 30.7 Å². The van der Waals surface area contributed by atoms with Gasteiger partial charge in [-0.1, -0.05) is 15.9 Å². The van der Waals surface area contributed by atoms with E-state index in [1.165, 1.54) is 16.9 Å². The largest absolute Gasteiger partial charge is 0.461 e. The van der Waals surface area contributed by atoms with Crippen molar-refractivity contribution in [3.05, 3.63) is 34.3 Å². The van der Waals surface area contributed by atoms with Crippen LogP contribution in [0.4, 0.5) is 8.78 Å². The molecule has 0 saturated carbocycles. The first-order chi connectivity index (χ1) is 12.9. The molecule has 1 aromatic carbocycles. The highest BCUT2D eigenvalue weighted by atomic mass is 79.9. The number of carbonyl (C=O) groups is 1. The summed E-state index contributed by atoms with van der Waals surface area (Å²) in [4.78, 5) is 14.4. The number of halogens is 3. The maximum atomic E-state index is 14.3. The highest BCUT2D eigenvalue weighted by Crippen LogP contribution is 2.33. The molecule has 6 nitrogen and oxygen atoms in total. The molecule has 1 N–H and O–H groups in total. The summed E-state index contributed by atoms with van der Waals surface area (Å²) in [5, 5.41) is 7.93. The number of hydrogen-bond acceptors (Lipinski definition) is 4. The number of nitrogens with zero attached hydrogens (tertiary/aromatic N) is 3. The summed E-state index contributed by atoms with van der Waals surface area (Å²) in [7, 11) is 0. The highest BCUT2D eigenvalue weighted by molar-refractivity contribution is 9.10. The van der Waals surface area contributed by atoms with E-state index in [1.54, 1.807) is 17.9 Å². The Hall–Kier alpha value is -2.07. The number of esters is 1. The molecule has 3 heterocycles. The van der Waals surface area contributed by atoms with Crippen molar-refractivity contribution in [2.75, 3.05) is 13.2 Å². The Morgan fingerprint density at radius 1 is 1.52 bits per heavy atom. The molecule has 2 aromatic rings. The number of thiocarbonyl (C=S) groups is 1. The third-order valence-electron chi connectivity index (χ3n) is 4.58. The number of fused-ring (bicyclic) bond motifs is 2. The summed E-state index contributed by atoms with van der Waals surface area (Å²) in [5.41, 5.74) is 0.870. The molecule has 2 atom stereocenters. The molecular weight excluding hydrogens is 442 g/mol. The van der Waals surface area contributed by atoms with Gasteiger partial charge >= 0.3 is 5.97 Å². The molecule has 1 aromatic heterocycles. The number of nitrogens with one attached hydrogen (secondary N) is 1. The Bertz CT molecular complexity index is 993. The third-order valence-corrected chi connectivity index (χ3v) is 5.37. The molecule has 0 radical (unpaired) electrons. The van der Waals surface area contributed by atoms with Crippen LogP contribution in [0.5, 0.6) is 0 Å². The Kier molecular flexibility index (Phi) is 4.63. The maximum absolute atomic E-state index is 14.3. The third kappa shape index (κ3) is 3.10. The second kappa shape index (κ2) is 6.83. The van der Waals surface area contributed by atoms with Crippen LogP contribution in [0.2, 0.25) is 0 Å². The van der Waals surface area contributed by atoms with Gasteiger partial charge in [0.15, 0.2) is 10.8 Å². The lowest BCUT2D eigenvalue weighted by Gasteiger charge is -2.16. The van der Waals surface area contributed by atoms with Crippen molar-refractivity contribution in [3.63, 3.8) is 0 Å². The molecule has 1 unspecified atom stereocenters. The number of carbonyl (C=O) groups excluding carboxylic acids is 1. The van der Waals surface area contributed by atoms with Crippen LogP contribution in [-0.2, 0) is 9.53 Å². The monoisotopic (exact) mass is 456 g/mol. The van der Waals surface area contributed by atoms with Crippen LogP contribution in [0.15, 0.2) is 28.5 Å². The first-order valence-electron chi connectivity index (χ1n) is 8.36. The lowest BCUT2D eigenvalue weighted by molar-refractivity contribution is -0.136. The van der Waals surface area contributed by atoms with E-state index < -0.39 is 24.0 Å². The lowest BCUT2D eigenvalue weighted by Crippen LogP contribution is -2.29. The van der Waals surface area contributed by atoms with Gasteiger partial charge in [0, 0.05) is 17.1 Å². The van der Waals surface area contributed by atoms with Gasteiger partial charge in [0.25, 0.3) is 0 Å². The van der Waals surface area contributed by atoms with Gasteiger partial charge in [-0.05, 0) is 31.3 Å². The van der Waals surface area contributed by atoms with E-state index in [0.717, 1.165) is 0 Å². The Labute approximate surface area is 167 Å². The molecule has 2 fully saturated rings. The molecule has 27 heavy (non-hydrogen) atoms. The topological polar surface area (TPSA) is 59.4 Å². The van der Waals surface area contributed by atoms with E-state index in [1.807, 2.05) is 0 Å². The molecule has 2 aliphatic rings. The van der Waals surface area contributed by atoms with Gasteiger partial charge in [-0.15, -0.1) is 0 Å². The van der Waals surface area contributed by atoms with Crippen LogP contribution in [0.1, 0.15) is 13.3 Å². The Balaban J connectivity index is 1.89. The first-order valence-corrected chi connectivity index (χ1v) is 9.57. The van der Waals surface area contributed by atoms with Gasteiger partial charge in [-0.2, -0.15) is 5.10 Å². The molecule has 10 heteroatoms. The van der Waals surface area contributed by atoms with Gasteiger partial charge in [0.2, 0.25) is 0 Å². The second-order valence-corrected chi connectivity index (χ2v) is 7.61. The van der Waals surface area contributed by atoms with Crippen molar-refractivity contribution >= 4 is 55.8 Å². The molecule has 0 aliphatic carbocycles. The first kappa shape index (κ1) is 18.3. The molecule has 0 spiro atoms. The number of benzene rings is 1. The smallest absolute Gasteiger partial charge is 0.358 e. The minimum Gasteiger partial charge on any atom is -0.461 e. The summed E-state index contributed by atoms with van der Waals surface area (Å²) < 4.78 is 35.2. The minimum absolute atomic E-state index is 0.0764. The SMILES string of the molecule is CCOC(=O)C(=C1NC(=S)N2C[C@H](F)CC12)n1cc2c(F)cc(Br)cc2n1. The molecule has 4 rings (SSSR count). The Morgan fingerprint density at radius 3 is 3.04 bits per heavy atom. The number of aromatic nitrogens is 2. The summed E-state index contributed by atoms with van der Waals surface area (Å²) >= 11 is 8.51. The normalized spacial score (nSPS) is 23.6. The van der Waals surface area contributed by atoms with E-state index in [9.17, 15) is 13.6 Å². The highest BCUT2D eigenvalue weighted by Gasteiger charge is 2.44. The quantitative estimate of drug-likeness (QED) is 0.435. The maximum Gasteiger partial charge on any atom is 0.358 e. The molecule has 2 aliphatic heterocycles. The number of alkyl halides is 1. The molecule has 0 amide bonds. The number of ether oxygens (including phenoxy) is 1. The van der Waals surface area contributed by atoms with Crippen molar-refractivity contribution < 1.29 is 18.3 Å². The van der Waals surface area contributed by atoms with Gasteiger partial charge in [-0.3, -0.25) is 0 Å². The van der Waals surface area contributed by atoms with Gasteiger partial charge in [0.05, 0.1) is 35.8 Å². The second-order valence-electron chi connectivity index (χ2n) is 6.31. The summed E-state index contributed by atoms with van der Waals surface area (Å²) in [6, 6.07) is 2.56. The van der Waals surface area contributed by atoms with Gasteiger partial charge in [-0.25, -0.2) is 18.3 Å². The summed E-state index contributed by atoms with van der Waals surface area (Å²) in [6.45, 7) is 2.00. The molecular formula is C17H15BrF2N4O2S. The molecule has 142 valence electrons. The average molecular weight is 457 g/mol. The van der Waals surface area contributed by atoms with Crippen LogP contribution < -0.4 is 5.32 Å². The fourth-order valence-electron chi connectivity index (χ4n) is 3.46. The zero-order valence-corrected chi connectivity index (χ0v) is 16.6. The van der Waals surface area contributed by atoms with Gasteiger partial charge in [0.1, 0.15) is 12.0 Å². The van der Waals surface area contributed by atoms with Crippen molar-refractivity contribution in [2.24, 2.45) is 0 Å². The number of hydrogen-bond donors (Lipinski definition) is 1. The summed E-state index contributed by atoms with van der Waals surface area (Å²) in [6.07, 6.45) is 0.580. The zero-order valence-electron chi connectivity index (χ0n) is 14.2. The molecule has 0 bridgehead atoms. The van der Waals surface area contributed by atoms with Crippen LogP contribution >= 0.6 is 28.1 Å². The predicted molar refractivity (Wildman–Crippen MR) is 103 cm³/mol. The van der Waals surface area contributed by atoms with Crippen molar-refractivity contribution in [3.8, 4) is 0 Å². The van der Waals surface area contributed by atoms with Crippen molar-refractivity contribution in [1.29, 1.82) is 0 Å². The van der Waals surface area contributed by atoms with E-state index in [0.29, 0.717) is 20.8 Å². The minimum atomic E-state index is -1.04. The molecule has 2 saturated heterocycles. The average Bonchev–Trinajstić information content (AvgIpc) is 3.24. The Morgan fingerprint density at radius 2 is 2.30 bits per heavy atom. The van der Waals surface area contributed by atoms with Crippen LogP contribution in [0, 0.1) is 5.82 Å². The van der Waals surface area contributed by atoms with Crippen LogP contribution in [-0.4, -0.2) is 51.1 Å². The van der Waals surface area contributed by atoms with Gasteiger partial charge < -0.3 is 15.0 Å². The fraction of sp³-hybridized carbons (Fsp3) is 0.353. The number of rotatable bonds is 3. The summed E-state index contributed by atoms with van der Waals surface area (Å²) in [5.74, 6) is -1.11. The fourth-order valence-corrected chi connectivity index (χ4v) is 4.19. The lowest BCUT2D eigenvalue weighted by atomic mass is 10.1. The van der Waals surface area contributed by atoms with E-state index in [2.05, 4.69) is 26.3 Å². The van der Waals surface area contributed by atoms with E-state index in [4.69, 9.17) is 17.0 Å².